The summed E-state index contributed by atoms with van der Waals surface area (Å²) < 4.78 is 1.81. The number of para-hydroxylation sites is 1. The summed E-state index contributed by atoms with van der Waals surface area (Å²) in [5.41, 5.74) is 5.32. The van der Waals surface area contributed by atoms with E-state index in [1.54, 1.807) is 6.20 Å². The highest BCUT2D eigenvalue weighted by molar-refractivity contribution is 5.87. The van der Waals surface area contributed by atoms with Crippen molar-refractivity contribution >= 4 is 10.9 Å². The molecular weight excluding hydrogens is 308 g/mol. The van der Waals surface area contributed by atoms with E-state index in [2.05, 4.69) is 47.3 Å². The Balaban J connectivity index is 1.95. The van der Waals surface area contributed by atoms with Gasteiger partial charge in [-0.2, -0.15) is 10.4 Å². The standard InChI is InChI=1S/C21H16N4/c1-2-15-8-10-16(11-9-15)20-13-18(14-22)24-25(20)19-7-3-5-17-6-4-12-23-21(17)19/h3-13H,2H2,1H3. The van der Waals surface area contributed by atoms with Crippen molar-refractivity contribution in [1.29, 1.82) is 5.26 Å². The Labute approximate surface area is 146 Å². The first-order valence-corrected chi connectivity index (χ1v) is 8.23. The summed E-state index contributed by atoms with van der Waals surface area (Å²) in [5, 5.41) is 14.8. The summed E-state index contributed by atoms with van der Waals surface area (Å²) >= 11 is 0. The maximum atomic E-state index is 9.32. The zero-order chi connectivity index (χ0) is 17.2. The highest BCUT2D eigenvalue weighted by atomic mass is 15.3. The van der Waals surface area contributed by atoms with Crippen LogP contribution in [0.5, 0.6) is 0 Å². The molecule has 2 aromatic heterocycles. The first-order chi connectivity index (χ1) is 12.3. The molecule has 4 nitrogen and oxygen atoms in total. The molecule has 4 rings (SSSR count). The van der Waals surface area contributed by atoms with Crippen molar-refractivity contribution in [3.63, 3.8) is 0 Å². The second-order valence-electron chi connectivity index (χ2n) is 5.84. The molecule has 0 aliphatic heterocycles. The molecule has 0 N–H and O–H groups in total. The fourth-order valence-corrected chi connectivity index (χ4v) is 3.00. The average Bonchev–Trinajstić information content (AvgIpc) is 3.12. The fraction of sp³-hybridized carbons (Fsp3) is 0.0952. The number of rotatable bonds is 3. The summed E-state index contributed by atoms with van der Waals surface area (Å²) in [5.74, 6) is 0. The van der Waals surface area contributed by atoms with E-state index < -0.39 is 0 Å². The molecule has 0 unspecified atom stereocenters. The molecule has 120 valence electrons. The number of nitrogens with zero attached hydrogens (tertiary/aromatic N) is 4. The van der Waals surface area contributed by atoms with Crippen LogP contribution in [-0.4, -0.2) is 14.8 Å². The van der Waals surface area contributed by atoms with E-state index in [1.165, 1.54) is 5.56 Å². The molecule has 0 radical (unpaired) electrons. The third-order valence-corrected chi connectivity index (χ3v) is 4.32. The largest absolute Gasteiger partial charge is 0.254 e. The van der Waals surface area contributed by atoms with E-state index in [4.69, 9.17) is 0 Å². The van der Waals surface area contributed by atoms with E-state index in [1.807, 2.05) is 41.1 Å². The summed E-state index contributed by atoms with van der Waals surface area (Å²) in [6, 6.07) is 22.3. The summed E-state index contributed by atoms with van der Waals surface area (Å²) in [4.78, 5) is 4.51. The number of fused-ring (bicyclic) bond motifs is 1. The molecule has 2 aromatic carbocycles. The van der Waals surface area contributed by atoms with E-state index in [9.17, 15) is 5.26 Å². The van der Waals surface area contributed by atoms with Gasteiger partial charge in [-0.1, -0.05) is 49.4 Å². The maximum absolute atomic E-state index is 9.32. The molecule has 0 bridgehead atoms. The van der Waals surface area contributed by atoms with Crippen LogP contribution in [0.1, 0.15) is 18.2 Å². The number of hydrogen-bond donors (Lipinski definition) is 0. The smallest absolute Gasteiger partial charge is 0.163 e. The quantitative estimate of drug-likeness (QED) is 0.556. The van der Waals surface area contributed by atoms with Gasteiger partial charge in [0.25, 0.3) is 0 Å². The van der Waals surface area contributed by atoms with Gasteiger partial charge in [0, 0.05) is 23.2 Å². The normalized spacial score (nSPS) is 10.7. The lowest BCUT2D eigenvalue weighted by molar-refractivity contribution is 0.884. The molecule has 4 aromatic rings. The lowest BCUT2D eigenvalue weighted by Crippen LogP contribution is -2.01. The first kappa shape index (κ1) is 15.1. The molecule has 0 aliphatic rings. The van der Waals surface area contributed by atoms with Crippen molar-refractivity contribution in [2.45, 2.75) is 13.3 Å². The molecule has 2 heterocycles. The third-order valence-electron chi connectivity index (χ3n) is 4.32. The lowest BCUT2D eigenvalue weighted by atomic mass is 10.1. The molecule has 0 spiro atoms. The predicted octanol–water partition coefficient (Wildman–Crippen LogP) is 4.52. The number of aryl methyl sites for hydroxylation is 1. The number of aromatic nitrogens is 3. The van der Waals surface area contributed by atoms with Crippen LogP contribution in [-0.2, 0) is 6.42 Å². The summed E-state index contributed by atoms with van der Waals surface area (Å²) in [7, 11) is 0. The van der Waals surface area contributed by atoms with Gasteiger partial charge in [0.15, 0.2) is 5.69 Å². The van der Waals surface area contributed by atoms with Crippen LogP contribution in [0.2, 0.25) is 0 Å². The minimum absolute atomic E-state index is 0.391. The van der Waals surface area contributed by atoms with Gasteiger partial charge in [-0.15, -0.1) is 0 Å². The van der Waals surface area contributed by atoms with Crippen molar-refractivity contribution in [1.82, 2.24) is 14.8 Å². The average molecular weight is 324 g/mol. The molecule has 25 heavy (non-hydrogen) atoms. The predicted molar refractivity (Wildman–Crippen MR) is 98.4 cm³/mol. The Morgan fingerprint density at radius 3 is 2.60 bits per heavy atom. The molecule has 0 aliphatic carbocycles. The minimum Gasteiger partial charge on any atom is -0.254 e. The number of benzene rings is 2. The number of nitriles is 1. The maximum Gasteiger partial charge on any atom is 0.163 e. The minimum atomic E-state index is 0.391. The van der Waals surface area contributed by atoms with Crippen LogP contribution in [0.3, 0.4) is 0 Å². The molecular formula is C21H16N4. The van der Waals surface area contributed by atoms with Gasteiger partial charge in [0.2, 0.25) is 0 Å². The molecule has 0 saturated heterocycles. The van der Waals surface area contributed by atoms with E-state index in [-0.39, 0.29) is 0 Å². The van der Waals surface area contributed by atoms with Crippen LogP contribution in [0.25, 0.3) is 27.8 Å². The molecule has 0 amide bonds. The second-order valence-corrected chi connectivity index (χ2v) is 5.84. The van der Waals surface area contributed by atoms with Gasteiger partial charge >= 0.3 is 0 Å². The summed E-state index contributed by atoms with van der Waals surface area (Å²) in [6.45, 7) is 2.13. The fourth-order valence-electron chi connectivity index (χ4n) is 3.00. The Morgan fingerprint density at radius 1 is 1.04 bits per heavy atom. The Morgan fingerprint density at radius 2 is 1.84 bits per heavy atom. The molecule has 0 fully saturated rings. The molecule has 0 saturated carbocycles. The van der Waals surface area contributed by atoms with Crippen molar-refractivity contribution in [3.05, 3.63) is 78.1 Å². The summed E-state index contributed by atoms with van der Waals surface area (Å²) in [6.07, 6.45) is 2.77. The topological polar surface area (TPSA) is 54.5 Å². The highest BCUT2D eigenvalue weighted by Gasteiger charge is 2.14. The van der Waals surface area contributed by atoms with E-state index in [0.29, 0.717) is 5.69 Å². The van der Waals surface area contributed by atoms with Crippen LogP contribution < -0.4 is 0 Å². The monoisotopic (exact) mass is 324 g/mol. The van der Waals surface area contributed by atoms with Gasteiger partial charge in [-0.05, 0) is 24.1 Å². The first-order valence-electron chi connectivity index (χ1n) is 8.23. The van der Waals surface area contributed by atoms with Crippen molar-refractivity contribution in [2.24, 2.45) is 0 Å². The van der Waals surface area contributed by atoms with Gasteiger partial charge in [0.1, 0.15) is 6.07 Å². The highest BCUT2D eigenvalue weighted by Crippen LogP contribution is 2.27. The van der Waals surface area contributed by atoms with Crippen LogP contribution in [0, 0.1) is 11.3 Å². The number of hydrogen-bond acceptors (Lipinski definition) is 3. The second kappa shape index (κ2) is 6.21. The van der Waals surface area contributed by atoms with E-state index in [0.717, 1.165) is 34.3 Å². The van der Waals surface area contributed by atoms with Gasteiger partial charge in [-0.25, -0.2) is 4.68 Å². The Kier molecular flexibility index (Phi) is 3.75. The Hall–Kier alpha value is -3.45. The SMILES string of the molecule is CCc1ccc(-c2cc(C#N)nn2-c2cccc3cccnc23)cc1. The van der Waals surface area contributed by atoms with Gasteiger partial charge in [-0.3, -0.25) is 4.98 Å². The van der Waals surface area contributed by atoms with Gasteiger partial charge < -0.3 is 0 Å². The zero-order valence-electron chi connectivity index (χ0n) is 13.8. The van der Waals surface area contributed by atoms with Crippen LogP contribution in [0.4, 0.5) is 0 Å². The number of pyridine rings is 1. The third kappa shape index (κ3) is 2.66. The van der Waals surface area contributed by atoms with Crippen molar-refractivity contribution in [2.75, 3.05) is 0 Å². The molecule has 4 heteroatoms. The van der Waals surface area contributed by atoms with Crippen LogP contribution in [0.15, 0.2) is 66.9 Å². The van der Waals surface area contributed by atoms with Gasteiger partial charge in [0.05, 0.1) is 16.9 Å². The Bertz CT molecular complexity index is 1080. The van der Waals surface area contributed by atoms with Crippen molar-refractivity contribution in [3.8, 4) is 23.0 Å². The molecule has 0 atom stereocenters. The zero-order valence-corrected chi connectivity index (χ0v) is 13.8. The van der Waals surface area contributed by atoms with E-state index >= 15 is 0 Å². The van der Waals surface area contributed by atoms with Crippen LogP contribution >= 0.6 is 0 Å². The van der Waals surface area contributed by atoms with Crippen molar-refractivity contribution < 1.29 is 0 Å². The lowest BCUT2D eigenvalue weighted by Gasteiger charge is -2.10.